The molecule has 0 spiro atoms. The van der Waals surface area contributed by atoms with Gasteiger partial charge in [-0.15, -0.1) is 0 Å². The van der Waals surface area contributed by atoms with E-state index < -0.39 is 18.7 Å². The number of ether oxygens (including phenoxy) is 2. The Morgan fingerprint density at radius 2 is 2.54 bits per heavy atom. The average Bonchev–Trinajstić information content (AvgIpc) is 2.86. The number of hydrogen-bond acceptors (Lipinski definition) is 7. The standard InChI is InChI=1S/C16H19N5O3/c1-23-9-16-4-2-11(6-18-8-16)21(16)15(22)24-14-12-7-17-5-3-13(12)19-10-20-14/h3,5,7,10-11,18H,2,4,6,8-9H2,1H3/i1D3. The fourth-order valence-electron chi connectivity index (χ4n) is 3.67. The summed E-state index contributed by atoms with van der Waals surface area (Å²) in [5.74, 6) is 0.128. The van der Waals surface area contributed by atoms with Gasteiger partial charge in [0.25, 0.3) is 0 Å². The predicted octanol–water partition coefficient (Wildman–Crippen LogP) is 0.976. The van der Waals surface area contributed by atoms with Crippen molar-refractivity contribution in [1.29, 1.82) is 0 Å². The van der Waals surface area contributed by atoms with Crippen LogP contribution < -0.4 is 10.1 Å². The molecule has 2 aliphatic heterocycles. The van der Waals surface area contributed by atoms with Crippen molar-refractivity contribution in [3.8, 4) is 5.88 Å². The van der Waals surface area contributed by atoms with Gasteiger partial charge in [-0.25, -0.2) is 14.8 Å². The summed E-state index contributed by atoms with van der Waals surface area (Å²) < 4.78 is 32.5. The highest BCUT2D eigenvalue weighted by Crippen LogP contribution is 2.37. The van der Waals surface area contributed by atoms with Crippen LogP contribution in [0.3, 0.4) is 0 Å². The molecule has 8 nitrogen and oxygen atoms in total. The van der Waals surface area contributed by atoms with Crippen LogP contribution in [0.15, 0.2) is 24.8 Å². The lowest BCUT2D eigenvalue weighted by atomic mass is 9.97. The van der Waals surface area contributed by atoms with Crippen molar-refractivity contribution in [2.24, 2.45) is 0 Å². The molecule has 1 amide bonds. The van der Waals surface area contributed by atoms with Gasteiger partial charge < -0.3 is 14.8 Å². The van der Waals surface area contributed by atoms with Crippen LogP contribution in [-0.4, -0.2) is 64.3 Å². The Labute approximate surface area is 143 Å². The number of fused-ring (bicyclic) bond motifs is 3. The third-order valence-electron chi connectivity index (χ3n) is 4.77. The second-order valence-electron chi connectivity index (χ2n) is 6.15. The highest BCUT2D eigenvalue weighted by Gasteiger charge is 2.52. The minimum absolute atomic E-state index is 0.0855. The highest BCUT2D eigenvalue weighted by atomic mass is 16.6. The molecule has 4 rings (SSSR count). The van der Waals surface area contributed by atoms with Gasteiger partial charge in [0.1, 0.15) is 6.33 Å². The zero-order chi connectivity index (χ0) is 19.1. The van der Waals surface area contributed by atoms with Crippen molar-refractivity contribution in [2.75, 3.05) is 26.7 Å². The Bertz CT molecular complexity index is 855. The van der Waals surface area contributed by atoms with Crippen molar-refractivity contribution in [1.82, 2.24) is 25.2 Å². The molecule has 24 heavy (non-hydrogen) atoms. The monoisotopic (exact) mass is 332 g/mol. The first-order valence-electron chi connectivity index (χ1n) is 9.29. The van der Waals surface area contributed by atoms with Crippen molar-refractivity contribution >= 4 is 17.0 Å². The first-order valence-corrected chi connectivity index (χ1v) is 7.79. The molecule has 126 valence electrons. The van der Waals surface area contributed by atoms with Crippen LogP contribution in [-0.2, 0) is 4.74 Å². The second-order valence-corrected chi connectivity index (χ2v) is 6.15. The van der Waals surface area contributed by atoms with E-state index in [2.05, 4.69) is 20.3 Å². The summed E-state index contributed by atoms with van der Waals surface area (Å²) in [7, 11) is -2.52. The fraction of sp³-hybridized carbons (Fsp3) is 0.500. The molecule has 0 aliphatic carbocycles. The minimum atomic E-state index is -2.52. The molecule has 2 bridgehead atoms. The lowest BCUT2D eigenvalue weighted by Crippen LogP contribution is -2.64. The minimum Gasteiger partial charge on any atom is -0.390 e. The molecular weight excluding hydrogens is 310 g/mol. The van der Waals surface area contributed by atoms with Crippen LogP contribution >= 0.6 is 0 Å². The summed E-state index contributed by atoms with van der Waals surface area (Å²) >= 11 is 0. The third kappa shape index (κ3) is 2.38. The molecule has 2 fully saturated rings. The van der Waals surface area contributed by atoms with Crippen LogP contribution in [0.5, 0.6) is 5.88 Å². The smallest absolute Gasteiger partial charge is 0.390 e. The van der Waals surface area contributed by atoms with Gasteiger partial charge in [-0.1, -0.05) is 0 Å². The predicted molar refractivity (Wildman–Crippen MR) is 85.7 cm³/mol. The Hall–Kier alpha value is -2.32. The highest BCUT2D eigenvalue weighted by molar-refractivity contribution is 5.85. The molecule has 2 aromatic rings. The van der Waals surface area contributed by atoms with Gasteiger partial charge in [-0.3, -0.25) is 9.88 Å². The molecule has 0 radical (unpaired) electrons. The summed E-state index contributed by atoms with van der Waals surface area (Å²) in [5, 5.41) is 3.78. The van der Waals surface area contributed by atoms with Crippen LogP contribution in [0.1, 0.15) is 17.0 Å². The molecule has 2 saturated heterocycles. The quantitative estimate of drug-likeness (QED) is 0.896. The maximum absolute atomic E-state index is 13.0. The van der Waals surface area contributed by atoms with E-state index in [1.807, 2.05) is 0 Å². The summed E-state index contributed by atoms with van der Waals surface area (Å²) in [4.78, 5) is 26.8. The summed E-state index contributed by atoms with van der Waals surface area (Å²) in [5.41, 5.74) is -0.137. The van der Waals surface area contributed by atoms with Gasteiger partial charge in [0.2, 0.25) is 5.88 Å². The van der Waals surface area contributed by atoms with Gasteiger partial charge in [-0.2, -0.15) is 0 Å². The molecule has 0 aromatic carbocycles. The van der Waals surface area contributed by atoms with E-state index in [9.17, 15) is 4.79 Å². The lowest BCUT2D eigenvalue weighted by molar-refractivity contribution is 0.0130. The number of nitrogens with one attached hydrogen (secondary N) is 1. The van der Waals surface area contributed by atoms with Gasteiger partial charge in [-0.05, 0) is 18.9 Å². The zero-order valence-electron chi connectivity index (χ0n) is 15.9. The fourth-order valence-corrected chi connectivity index (χ4v) is 3.67. The van der Waals surface area contributed by atoms with Gasteiger partial charge in [0, 0.05) is 38.6 Å². The van der Waals surface area contributed by atoms with Gasteiger partial charge in [0.15, 0.2) is 0 Å². The SMILES string of the molecule is [2H]C([2H])([2H])OCC12CCC(CNC1)N2C(=O)Oc1ncnc2ccncc12. The van der Waals surface area contributed by atoms with Crippen LogP contribution in [0.2, 0.25) is 0 Å². The molecule has 2 atom stereocenters. The first-order chi connectivity index (χ1) is 12.9. The average molecular weight is 332 g/mol. The summed E-state index contributed by atoms with van der Waals surface area (Å²) in [6, 6.07) is 1.62. The van der Waals surface area contributed by atoms with E-state index in [0.29, 0.717) is 30.4 Å². The maximum Gasteiger partial charge on any atom is 0.417 e. The molecule has 2 aliphatic rings. The molecule has 0 saturated carbocycles. The molecule has 1 N–H and O–H groups in total. The van der Waals surface area contributed by atoms with E-state index in [4.69, 9.17) is 13.6 Å². The van der Waals surface area contributed by atoms with Crippen LogP contribution in [0, 0.1) is 0 Å². The Balaban J connectivity index is 1.59. The normalized spacial score (nSPS) is 28.2. The molecule has 8 heteroatoms. The topological polar surface area (TPSA) is 89.5 Å². The van der Waals surface area contributed by atoms with E-state index in [1.165, 1.54) is 12.5 Å². The number of carbonyl (C=O) groups excluding carboxylic acids is 1. The van der Waals surface area contributed by atoms with E-state index in [0.717, 1.165) is 6.42 Å². The first kappa shape index (κ1) is 12.1. The van der Waals surface area contributed by atoms with Crippen molar-refractivity contribution in [3.63, 3.8) is 0 Å². The largest absolute Gasteiger partial charge is 0.417 e. The Morgan fingerprint density at radius 3 is 3.46 bits per heavy atom. The van der Waals surface area contributed by atoms with Crippen molar-refractivity contribution in [2.45, 2.75) is 24.4 Å². The summed E-state index contributed by atoms with van der Waals surface area (Å²) in [6.45, 7) is 0.978. The third-order valence-corrected chi connectivity index (χ3v) is 4.77. The van der Waals surface area contributed by atoms with Crippen molar-refractivity contribution in [3.05, 3.63) is 24.8 Å². The van der Waals surface area contributed by atoms with Crippen LogP contribution in [0.25, 0.3) is 10.9 Å². The lowest BCUT2D eigenvalue weighted by Gasteiger charge is -2.43. The number of carbonyl (C=O) groups is 1. The number of amides is 1. The molecule has 2 unspecified atom stereocenters. The number of aromatic nitrogens is 3. The summed E-state index contributed by atoms with van der Waals surface area (Å²) in [6.07, 6.45) is 5.28. The second kappa shape index (κ2) is 5.95. The van der Waals surface area contributed by atoms with E-state index >= 15 is 0 Å². The van der Waals surface area contributed by atoms with E-state index in [1.54, 1.807) is 17.2 Å². The molecular formula is C16H19N5O3. The van der Waals surface area contributed by atoms with Gasteiger partial charge >= 0.3 is 6.09 Å². The number of rotatable bonds is 3. The van der Waals surface area contributed by atoms with Crippen molar-refractivity contribution < 1.29 is 18.4 Å². The number of nitrogens with zero attached hydrogens (tertiary/aromatic N) is 4. The molecule has 2 aromatic heterocycles. The Kier molecular flexibility index (Phi) is 3.00. The Morgan fingerprint density at radius 1 is 1.58 bits per heavy atom. The number of pyridine rings is 1. The maximum atomic E-state index is 13.0. The number of hydrogen-bond donors (Lipinski definition) is 1. The zero-order valence-corrected chi connectivity index (χ0v) is 12.9. The van der Waals surface area contributed by atoms with E-state index in [-0.39, 0.29) is 18.5 Å². The van der Waals surface area contributed by atoms with Crippen LogP contribution in [0.4, 0.5) is 4.79 Å². The molecule has 4 heterocycles. The van der Waals surface area contributed by atoms with Gasteiger partial charge in [0.05, 0.1) is 27.2 Å². The number of piperazine rings is 1. The number of methoxy groups -OCH3 is 1.